The van der Waals surface area contributed by atoms with E-state index >= 15 is 0 Å². The van der Waals surface area contributed by atoms with Gasteiger partial charge < -0.3 is 21.2 Å². The molecule has 1 atom stereocenters. The highest BCUT2D eigenvalue weighted by molar-refractivity contribution is 6.33. The van der Waals surface area contributed by atoms with Gasteiger partial charge in [0, 0.05) is 5.56 Å². The van der Waals surface area contributed by atoms with Gasteiger partial charge in [0.05, 0.1) is 23.1 Å². The Bertz CT molecular complexity index is 654. The molecule has 0 aliphatic heterocycles. The highest BCUT2D eigenvalue weighted by Crippen LogP contribution is 2.36. The molecule has 4 nitrogen and oxygen atoms in total. The Morgan fingerprint density at radius 1 is 1.25 bits per heavy atom. The minimum Gasteiger partial charge on any atom is -0.466 e. The highest BCUT2D eigenvalue weighted by Gasteiger charge is 2.18. The van der Waals surface area contributed by atoms with E-state index in [4.69, 9.17) is 27.5 Å². The summed E-state index contributed by atoms with van der Waals surface area (Å²) >= 11 is 5.81. The van der Waals surface area contributed by atoms with Crippen molar-refractivity contribution in [2.45, 2.75) is 26.8 Å². The SMILES string of the molecule is Cc1cc(C(C)Nc2c(N)cc(N)c(Cl)c2F)c(C)o1. The quantitative estimate of drug-likeness (QED) is 0.748. The zero-order chi connectivity index (χ0) is 15.0. The number of anilines is 3. The van der Waals surface area contributed by atoms with Gasteiger partial charge >= 0.3 is 0 Å². The lowest BCUT2D eigenvalue weighted by Crippen LogP contribution is -2.11. The molecule has 5 N–H and O–H groups in total. The molecule has 1 aromatic heterocycles. The summed E-state index contributed by atoms with van der Waals surface area (Å²) < 4.78 is 19.6. The molecule has 2 aromatic rings. The van der Waals surface area contributed by atoms with E-state index in [0.29, 0.717) is 0 Å². The molecular weight excluding hydrogens is 281 g/mol. The summed E-state index contributed by atoms with van der Waals surface area (Å²) in [6.45, 7) is 5.61. The van der Waals surface area contributed by atoms with Crippen molar-refractivity contribution in [3.05, 3.63) is 40.1 Å². The van der Waals surface area contributed by atoms with Gasteiger partial charge in [-0.3, -0.25) is 0 Å². The van der Waals surface area contributed by atoms with Crippen molar-refractivity contribution in [3.63, 3.8) is 0 Å². The average molecular weight is 298 g/mol. The van der Waals surface area contributed by atoms with Crippen LogP contribution in [-0.4, -0.2) is 0 Å². The van der Waals surface area contributed by atoms with Gasteiger partial charge in [0.1, 0.15) is 16.5 Å². The fourth-order valence-corrected chi connectivity index (χ4v) is 2.34. The Morgan fingerprint density at radius 3 is 2.45 bits per heavy atom. The number of nitrogens with one attached hydrogen (secondary N) is 1. The second kappa shape index (κ2) is 5.25. The van der Waals surface area contributed by atoms with Crippen LogP contribution in [-0.2, 0) is 0 Å². The van der Waals surface area contributed by atoms with Crippen molar-refractivity contribution in [3.8, 4) is 0 Å². The molecule has 0 spiro atoms. The van der Waals surface area contributed by atoms with Gasteiger partial charge in [0.15, 0.2) is 5.82 Å². The maximum Gasteiger partial charge on any atom is 0.169 e. The number of nitrogens with two attached hydrogens (primary N) is 2. The normalized spacial score (nSPS) is 12.4. The van der Waals surface area contributed by atoms with E-state index < -0.39 is 5.82 Å². The molecule has 1 heterocycles. The van der Waals surface area contributed by atoms with Crippen molar-refractivity contribution < 1.29 is 8.81 Å². The van der Waals surface area contributed by atoms with Crippen LogP contribution in [0.2, 0.25) is 5.02 Å². The van der Waals surface area contributed by atoms with E-state index in [-0.39, 0.29) is 28.1 Å². The number of hydrogen-bond acceptors (Lipinski definition) is 4. The predicted molar refractivity (Wildman–Crippen MR) is 80.5 cm³/mol. The Labute approximate surface area is 121 Å². The molecule has 0 radical (unpaired) electrons. The van der Waals surface area contributed by atoms with Crippen LogP contribution >= 0.6 is 11.6 Å². The highest BCUT2D eigenvalue weighted by atomic mass is 35.5. The van der Waals surface area contributed by atoms with Crippen molar-refractivity contribution >= 4 is 28.7 Å². The van der Waals surface area contributed by atoms with E-state index in [2.05, 4.69) is 5.32 Å². The third-order valence-electron chi connectivity index (χ3n) is 3.17. The first-order chi connectivity index (χ1) is 9.31. The number of furan rings is 1. The van der Waals surface area contributed by atoms with Gasteiger partial charge in [-0.1, -0.05) is 11.6 Å². The van der Waals surface area contributed by atoms with Crippen LogP contribution in [0.25, 0.3) is 0 Å². The number of nitrogen functional groups attached to an aromatic ring is 2. The fraction of sp³-hybridized carbons (Fsp3) is 0.286. The lowest BCUT2D eigenvalue weighted by Gasteiger charge is -2.18. The Balaban J connectivity index is 2.35. The summed E-state index contributed by atoms with van der Waals surface area (Å²) in [5, 5.41) is 2.89. The molecule has 0 fully saturated rings. The second-order valence-corrected chi connectivity index (χ2v) is 5.17. The number of rotatable bonds is 3. The van der Waals surface area contributed by atoms with Crippen molar-refractivity contribution in [2.75, 3.05) is 16.8 Å². The first kappa shape index (κ1) is 14.5. The molecule has 2 rings (SSSR count). The molecule has 6 heteroatoms. The number of benzene rings is 1. The first-order valence-electron chi connectivity index (χ1n) is 6.17. The molecule has 108 valence electrons. The van der Waals surface area contributed by atoms with Crippen LogP contribution in [0.5, 0.6) is 0 Å². The standard InChI is InChI=1S/C14H17ClFN3O/c1-6-4-9(8(3)20-6)7(2)19-14-11(18)5-10(17)12(15)13(14)16/h4-5,7,19H,17-18H2,1-3H3. The largest absolute Gasteiger partial charge is 0.466 e. The second-order valence-electron chi connectivity index (χ2n) is 4.79. The molecule has 0 amide bonds. The summed E-state index contributed by atoms with van der Waals surface area (Å²) in [5.74, 6) is 0.937. The van der Waals surface area contributed by atoms with Crippen molar-refractivity contribution in [2.24, 2.45) is 0 Å². The maximum atomic E-state index is 14.1. The molecule has 0 aliphatic rings. The average Bonchev–Trinajstić information content (AvgIpc) is 2.71. The Morgan fingerprint density at radius 2 is 1.90 bits per heavy atom. The molecule has 0 aliphatic carbocycles. The first-order valence-corrected chi connectivity index (χ1v) is 6.55. The molecule has 0 bridgehead atoms. The van der Waals surface area contributed by atoms with Crippen molar-refractivity contribution in [1.29, 1.82) is 0 Å². The minimum atomic E-state index is -0.645. The van der Waals surface area contributed by atoms with Gasteiger partial charge in [0.25, 0.3) is 0 Å². The lowest BCUT2D eigenvalue weighted by molar-refractivity contribution is 0.499. The van der Waals surface area contributed by atoms with E-state index in [1.165, 1.54) is 6.07 Å². The molecule has 20 heavy (non-hydrogen) atoms. The van der Waals surface area contributed by atoms with Crippen molar-refractivity contribution in [1.82, 2.24) is 0 Å². The molecule has 0 saturated carbocycles. The maximum absolute atomic E-state index is 14.1. The monoisotopic (exact) mass is 297 g/mol. The summed E-state index contributed by atoms with van der Waals surface area (Å²) in [7, 11) is 0. The number of hydrogen-bond donors (Lipinski definition) is 3. The van der Waals surface area contributed by atoms with Gasteiger partial charge in [-0.2, -0.15) is 0 Å². The minimum absolute atomic E-state index is 0.121. The summed E-state index contributed by atoms with van der Waals surface area (Å²) in [4.78, 5) is 0. The summed E-state index contributed by atoms with van der Waals surface area (Å²) in [5.41, 5.74) is 12.8. The molecule has 0 saturated heterocycles. The van der Waals surface area contributed by atoms with Crippen LogP contribution in [0.3, 0.4) is 0 Å². The third kappa shape index (κ3) is 2.54. The van der Waals surface area contributed by atoms with Gasteiger partial charge in [-0.25, -0.2) is 4.39 Å². The van der Waals surface area contributed by atoms with E-state index in [1.54, 1.807) is 0 Å². The van der Waals surface area contributed by atoms with Crippen LogP contribution < -0.4 is 16.8 Å². The summed E-state index contributed by atoms with van der Waals surface area (Å²) in [6, 6.07) is 3.16. The lowest BCUT2D eigenvalue weighted by atomic mass is 10.1. The van der Waals surface area contributed by atoms with Crippen LogP contribution in [0.1, 0.15) is 30.0 Å². The fourth-order valence-electron chi connectivity index (χ4n) is 2.19. The number of aryl methyl sites for hydroxylation is 2. The van der Waals surface area contributed by atoms with Gasteiger partial charge in [-0.05, 0) is 32.9 Å². The van der Waals surface area contributed by atoms with Crippen LogP contribution in [0.4, 0.5) is 21.5 Å². The van der Waals surface area contributed by atoms with E-state index in [9.17, 15) is 4.39 Å². The molecular formula is C14H17ClFN3O. The third-order valence-corrected chi connectivity index (χ3v) is 3.56. The van der Waals surface area contributed by atoms with Gasteiger partial charge in [0.2, 0.25) is 0 Å². The number of halogens is 2. The molecule has 1 aromatic carbocycles. The molecule has 1 unspecified atom stereocenters. The van der Waals surface area contributed by atoms with E-state index in [1.807, 2.05) is 26.8 Å². The van der Waals surface area contributed by atoms with Crippen LogP contribution in [0, 0.1) is 19.7 Å². The Kier molecular flexibility index (Phi) is 3.81. The summed E-state index contributed by atoms with van der Waals surface area (Å²) in [6.07, 6.45) is 0. The van der Waals surface area contributed by atoms with E-state index in [0.717, 1.165) is 17.1 Å². The van der Waals surface area contributed by atoms with Crippen LogP contribution in [0.15, 0.2) is 16.5 Å². The zero-order valence-corrected chi connectivity index (χ0v) is 12.3. The van der Waals surface area contributed by atoms with Gasteiger partial charge in [-0.15, -0.1) is 0 Å². The zero-order valence-electron chi connectivity index (χ0n) is 11.6. The topological polar surface area (TPSA) is 77.2 Å². The Hall–Kier alpha value is -1.88. The predicted octanol–water partition coefficient (Wildman–Crippen LogP) is 4.03. The smallest absolute Gasteiger partial charge is 0.169 e.